The van der Waals surface area contributed by atoms with Crippen LogP contribution in [-0.4, -0.2) is 6.61 Å². The zero-order chi connectivity index (χ0) is 15.1. The minimum absolute atomic E-state index is 0.0136. The van der Waals surface area contributed by atoms with Crippen LogP contribution in [0.5, 0.6) is 5.75 Å². The van der Waals surface area contributed by atoms with Crippen molar-refractivity contribution in [3.05, 3.63) is 58.6 Å². The summed E-state index contributed by atoms with van der Waals surface area (Å²) in [5.41, 5.74) is 2.20. The van der Waals surface area contributed by atoms with Crippen molar-refractivity contribution in [2.24, 2.45) is 0 Å². The van der Waals surface area contributed by atoms with Gasteiger partial charge in [0.15, 0.2) is 6.61 Å². The van der Waals surface area contributed by atoms with E-state index in [2.05, 4.69) is 5.32 Å². The van der Waals surface area contributed by atoms with Gasteiger partial charge in [0.25, 0.3) is 0 Å². The van der Waals surface area contributed by atoms with E-state index in [1.165, 1.54) is 0 Å². The van der Waals surface area contributed by atoms with Crippen LogP contribution in [-0.2, 0) is 6.54 Å². The summed E-state index contributed by atoms with van der Waals surface area (Å²) >= 11 is 5.99. The van der Waals surface area contributed by atoms with Crippen LogP contribution in [0.4, 0.5) is 5.69 Å². The molecule has 0 amide bonds. The van der Waals surface area contributed by atoms with E-state index < -0.39 is 0 Å². The molecule has 5 heteroatoms. The Morgan fingerprint density at radius 3 is 2.67 bits per heavy atom. The number of para-hydroxylation sites is 1. The molecule has 0 aliphatic carbocycles. The Morgan fingerprint density at radius 2 is 1.95 bits per heavy atom. The molecule has 0 unspecified atom stereocenters. The zero-order valence-electron chi connectivity index (χ0n) is 11.1. The number of hydrogen-bond donors (Lipinski definition) is 1. The van der Waals surface area contributed by atoms with Gasteiger partial charge >= 0.3 is 0 Å². The van der Waals surface area contributed by atoms with E-state index in [1.807, 2.05) is 36.4 Å². The molecule has 4 nitrogen and oxygen atoms in total. The van der Waals surface area contributed by atoms with Crippen molar-refractivity contribution in [3.63, 3.8) is 0 Å². The summed E-state index contributed by atoms with van der Waals surface area (Å²) in [6.45, 7) is 0.545. The molecule has 2 aromatic rings. The second-order valence-electron chi connectivity index (χ2n) is 4.21. The number of ether oxygens (including phenoxy) is 1. The molecule has 0 saturated heterocycles. The normalized spacial score (nSPS) is 9.48. The molecule has 0 bridgehead atoms. The van der Waals surface area contributed by atoms with Crippen LogP contribution in [0.3, 0.4) is 0 Å². The molecule has 0 atom stereocenters. The first-order valence-corrected chi connectivity index (χ1v) is 6.63. The molecule has 0 aliphatic rings. The molecule has 2 aromatic carbocycles. The number of rotatable bonds is 5. The fourth-order valence-corrected chi connectivity index (χ4v) is 2.04. The van der Waals surface area contributed by atoms with Crippen LogP contribution in [0, 0.1) is 22.7 Å². The highest BCUT2D eigenvalue weighted by molar-refractivity contribution is 6.32. The maximum atomic E-state index is 8.84. The second kappa shape index (κ2) is 7.19. The van der Waals surface area contributed by atoms with Gasteiger partial charge in [0.05, 0.1) is 10.6 Å². The van der Waals surface area contributed by atoms with Crippen LogP contribution in [0.25, 0.3) is 0 Å². The van der Waals surface area contributed by atoms with E-state index in [0.29, 0.717) is 22.9 Å². The first-order chi connectivity index (χ1) is 10.2. The van der Waals surface area contributed by atoms with Crippen molar-refractivity contribution in [1.82, 2.24) is 0 Å². The Hall–Kier alpha value is -2.69. The third-order valence-corrected chi connectivity index (χ3v) is 3.15. The zero-order valence-corrected chi connectivity index (χ0v) is 11.9. The molecule has 0 heterocycles. The van der Waals surface area contributed by atoms with Crippen molar-refractivity contribution in [2.45, 2.75) is 6.54 Å². The first kappa shape index (κ1) is 14.7. The molecular formula is C16H12ClN3O. The highest BCUT2D eigenvalue weighted by atomic mass is 35.5. The molecule has 0 saturated carbocycles. The van der Waals surface area contributed by atoms with Crippen LogP contribution < -0.4 is 10.1 Å². The summed E-state index contributed by atoms with van der Waals surface area (Å²) in [6.07, 6.45) is 0. The molecule has 0 fully saturated rings. The van der Waals surface area contributed by atoms with Gasteiger partial charge in [-0.1, -0.05) is 29.8 Å². The summed E-state index contributed by atoms with van der Waals surface area (Å²) in [4.78, 5) is 0. The third kappa shape index (κ3) is 3.89. The number of nitrogens with zero attached hydrogens (tertiary/aromatic N) is 2. The Kier molecular flexibility index (Phi) is 5.04. The first-order valence-electron chi connectivity index (χ1n) is 6.26. The molecule has 2 rings (SSSR count). The van der Waals surface area contributed by atoms with Gasteiger partial charge in [-0.3, -0.25) is 0 Å². The van der Waals surface area contributed by atoms with Crippen LogP contribution in [0.15, 0.2) is 42.5 Å². The molecule has 0 radical (unpaired) electrons. The topological polar surface area (TPSA) is 68.8 Å². The average molecular weight is 298 g/mol. The Balaban J connectivity index is 2.08. The number of nitrogens with one attached hydrogen (secondary N) is 1. The van der Waals surface area contributed by atoms with Gasteiger partial charge in [0.2, 0.25) is 0 Å². The van der Waals surface area contributed by atoms with Crippen molar-refractivity contribution in [3.8, 4) is 17.9 Å². The Morgan fingerprint density at radius 1 is 1.14 bits per heavy atom. The van der Waals surface area contributed by atoms with Crippen molar-refractivity contribution in [2.75, 3.05) is 11.9 Å². The fourth-order valence-electron chi connectivity index (χ4n) is 1.81. The van der Waals surface area contributed by atoms with Crippen LogP contribution >= 0.6 is 11.6 Å². The van der Waals surface area contributed by atoms with Crippen molar-refractivity contribution in [1.29, 1.82) is 10.5 Å². The maximum absolute atomic E-state index is 8.84. The number of hydrogen-bond acceptors (Lipinski definition) is 4. The van der Waals surface area contributed by atoms with E-state index in [1.54, 1.807) is 18.2 Å². The highest BCUT2D eigenvalue weighted by Crippen LogP contribution is 2.23. The predicted molar refractivity (Wildman–Crippen MR) is 81.0 cm³/mol. The van der Waals surface area contributed by atoms with Gasteiger partial charge in [0, 0.05) is 17.8 Å². The molecule has 21 heavy (non-hydrogen) atoms. The summed E-state index contributed by atoms with van der Waals surface area (Å²) < 4.78 is 5.36. The lowest BCUT2D eigenvalue weighted by Gasteiger charge is -2.11. The maximum Gasteiger partial charge on any atom is 0.174 e. The number of benzene rings is 2. The number of halogens is 1. The number of anilines is 1. The standard InChI is InChI=1S/C16H12ClN3O/c17-15-9-14(6-5-12(15)10-19)20-11-13-3-1-2-4-16(13)21-8-7-18/h1-6,9,20H,8,11H2. The lowest BCUT2D eigenvalue weighted by molar-refractivity contribution is 0.364. The monoisotopic (exact) mass is 297 g/mol. The summed E-state index contributed by atoms with van der Waals surface area (Å²) in [6, 6.07) is 16.6. The summed E-state index contributed by atoms with van der Waals surface area (Å²) in [5, 5.41) is 21.0. The van der Waals surface area contributed by atoms with E-state index in [9.17, 15) is 0 Å². The third-order valence-electron chi connectivity index (χ3n) is 2.84. The lowest BCUT2D eigenvalue weighted by atomic mass is 10.2. The largest absolute Gasteiger partial charge is 0.478 e. The van der Waals surface area contributed by atoms with E-state index in [-0.39, 0.29) is 6.61 Å². The minimum atomic E-state index is 0.0136. The van der Waals surface area contributed by atoms with E-state index in [0.717, 1.165) is 11.3 Å². The van der Waals surface area contributed by atoms with Gasteiger partial charge in [-0.25, -0.2) is 0 Å². The van der Waals surface area contributed by atoms with Crippen molar-refractivity contribution < 1.29 is 4.74 Å². The van der Waals surface area contributed by atoms with Gasteiger partial charge < -0.3 is 10.1 Å². The van der Waals surface area contributed by atoms with E-state index >= 15 is 0 Å². The highest BCUT2D eigenvalue weighted by Gasteiger charge is 2.04. The fraction of sp³-hybridized carbons (Fsp3) is 0.125. The molecule has 104 valence electrons. The average Bonchev–Trinajstić information content (AvgIpc) is 2.52. The molecule has 1 N–H and O–H groups in total. The van der Waals surface area contributed by atoms with Gasteiger partial charge in [-0.2, -0.15) is 10.5 Å². The second-order valence-corrected chi connectivity index (χ2v) is 4.62. The Bertz CT molecular complexity index is 716. The Labute approximate surface area is 128 Å². The van der Waals surface area contributed by atoms with Crippen LogP contribution in [0.2, 0.25) is 5.02 Å². The van der Waals surface area contributed by atoms with Gasteiger partial charge in [0.1, 0.15) is 17.9 Å². The molecule has 0 spiro atoms. The van der Waals surface area contributed by atoms with Gasteiger partial charge in [-0.15, -0.1) is 0 Å². The smallest absolute Gasteiger partial charge is 0.174 e. The van der Waals surface area contributed by atoms with Crippen molar-refractivity contribution >= 4 is 17.3 Å². The summed E-state index contributed by atoms with van der Waals surface area (Å²) in [7, 11) is 0. The molecular weight excluding hydrogens is 286 g/mol. The quantitative estimate of drug-likeness (QED) is 0.913. The van der Waals surface area contributed by atoms with Crippen LogP contribution in [0.1, 0.15) is 11.1 Å². The number of nitriles is 2. The molecule has 0 aromatic heterocycles. The van der Waals surface area contributed by atoms with Gasteiger partial charge in [-0.05, 0) is 24.3 Å². The predicted octanol–water partition coefficient (Wildman–Crippen LogP) is 3.73. The summed E-state index contributed by atoms with van der Waals surface area (Å²) in [5.74, 6) is 0.672. The SMILES string of the molecule is N#CCOc1ccccc1CNc1ccc(C#N)c(Cl)c1. The molecule has 0 aliphatic heterocycles. The minimum Gasteiger partial charge on any atom is -0.478 e. The lowest BCUT2D eigenvalue weighted by Crippen LogP contribution is -2.03. The van der Waals surface area contributed by atoms with E-state index in [4.69, 9.17) is 26.9 Å².